The highest BCUT2D eigenvalue weighted by Gasteiger charge is 2.19. The highest BCUT2D eigenvalue weighted by Crippen LogP contribution is 2.24. The fourth-order valence-electron chi connectivity index (χ4n) is 1.42. The summed E-state index contributed by atoms with van der Waals surface area (Å²) in [5.74, 6) is 0. The van der Waals surface area contributed by atoms with E-state index in [-0.39, 0.29) is 5.41 Å². The van der Waals surface area contributed by atoms with Gasteiger partial charge >= 0.3 is 0 Å². The highest BCUT2D eigenvalue weighted by molar-refractivity contribution is 5.24. The lowest BCUT2D eigenvalue weighted by Crippen LogP contribution is -2.12. The standard InChI is InChI=1S/C10H18N2/c1-6-9-8(10(2,3)4)7-12(5)11-9/h7H,6H2,1-5H3. The topological polar surface area (TPSA) is 17.8 Å². The Morgan fingerprint density at radius 1 is 1.42 bits per heavy atom. The van der Waals surface area contributed by atoms with Crippen molar-refractivity contribution >= 4 is 0 Å². The highest BCUT2D eigenvalue weighted by atomic mass is 15.3. The predicted octanol–water partition coefficient (Wildman–Crippen LogP) is 2.28. The molecule has 1 aromatic heterocycles. The van der Waals surface area contributed by atoms with E-state index in [4.69, 9.17) is 0 Å². The first kappa shape index (κ1) is 9.30. The Morgan fingerprint density at radius 2 is 2.00 bits per heavy atom. The summed E-state index contributed by atoms with van der Waals surface area (Å²) >= 11 is 0. The maximum absolute atomic E-state index is 4.41. The van der Waals surface area contributed by atoms with E-state index in [1.165, 1.54) is 11.3 Å². The van der Waals surface area contributed by atoms with E-state index < -0.39 is 0 Å². The molecule has 0 aliphatic carbocycles. The molecule has 0 saturated heterocycles. The Kier molecular flexibility index (Phi) is 2.27. The Hall–Kier alpha value is -0.790. The molecular formula is C10H18N2. The summed E-state index contributed by atoms with van der Waals surface area (Å²) in [5, 5.41) is 4.41. The molecule has 0 fully saturated rings. The second-order valence-electron chi connectivity index (χ2n) is 4.27. The van der Waals surface area contributed by atoms with Crippen LogP contribution in [0.25, 0.3) is 0 Å². The van der Waals surface area contributed by atoms with Gasteiger partial charge in [-0.1, -0.05) is 27.7 Å². The average molecular weight is 166 g/mol. The van der Waals surface area contributed by atoms with Gasteiger partial charge in [-0.2, -0.15) is 5.10 Å². The molecular weight excluding hydrogens is 148 g/mol. The van der Waals surface area contributed by atoms with Crippen LogP contribution >= 0.6 is 0 Å². The number of aryl methyl sites for hydroxylation is 2. The van der Waals surface area contributed by atoms with Gasteiger partial charge in [0.05, 0.1) is 5.69 Å². The fraction of sp³-hybridized carbons (Fsp3) is 0.700. The van der Waals surface area contributed by atoms with Crippen molar-refractivity contribution in [3.05, 3.63) is 17.5 Å². The molecule has 1 rings (SSSR count). The van der Waals surface area contributed by atoms with Crippen LogP contribution in [0.4, 0.5) is 0 Å². The molecule has 0 aliphatic heterocycles. The summed E-state index contributed by atoms with van der Waals surface area (Å²) in [4.78, 5) is 0. The molecule has 12 heavy (non-hydrogen) atoms. The van der Waals surface area contributed by atoms with Crippen LogP contribution in [0, 0.1) is 0 Å². The third-order valence-electron chi connectivity index (χ3n) is 2.05. The summed E-state index contributed by atoms with van der Waals surface area (Å²) < 4.78 is 1.90. The van der Waals surface area contributed by atoms with Crippen molar-refractivity contribution in [1.82, 2.24) is 9.78 Å². The summed E-state index contributed by atoms with van der Waals surface area (Å²) in [5.41, 5.74) is 2.82. The first-order valence-corrected chi connectivity index (χ1v) is 4.48. The number of nitrogens with zero attached hydrogens (tertiary/aromatic N) is 2. The SMILES string of the molecule is CCc1nn(C)cc1C(C)(C)C. The number of aromatic nitrogens is 2. The van der Waals surface area contributed by atoms with Crippen molar-refractivity contribution in [2.24, 2.45) is 7.05 Å². The van der Waals surface area contributed by atoms with Gasteiger partial charge in [-0.3, -0.25) is 4.68 Å². The molecule has 0 atom stereocenters. The van der Waals surface area contributed by atoms with Crippen LogP contribution in [0.1, 0.15) is 39.0 Å². The van der Waals surface area contributed by atoms with Gasteiger partial charge in [-0.05, 0) is 17.4 Å². The minimum atomic E-state index is 0.222. The third kappa shape index (κ3) is 1.68. The van der Waals surface area contributed by atoms with Crippen molar-refractivity contribution < 1.29 is 0 Å². The van der Waals surface area contributed by atoms with Crippen molar-refractivity contribution in [3.8, 4) is 0 Å². The summed E-state index contributed by atoms with van der Waals surface area (Å²) in [6.45, 7) is 8.83. The molecule has 0 bridgehead atoms. The lowest BCUT2D eigenvalue weighted by molar-refractivity contribution is 0.583. The zero-order valence-corrected chi connectivity index (χ0v) is 8.68. The number of hydrogen-bond acceptors (Lipinski definition) is 1. The van der Waals surface area contributed by atoms with E-state index in [1.54, 1.807) is 0 Å². The summed E-state index contributed by atoms with van der Waals surface area (Å²) in [7, 11) is 1.98. The first-order chi connectivity index (χ1) is 5.45. The number of hydrogen-bond donors (Lipinski definition) is 0. The van der Waals surface area contributed by atoms with E-state index >= 15 is 0 Å². The molecule has 1 heterocycles. The van der Waals surface area contributed by atoms with Crippen LogP contribution in [0.2, 0.25) is 0 Å². The van der Waals surface area contributed by atoms with E-state index in [2.05, 4.69) is 39.0 Å². The molecule has 1 aromatic rings. The summed E-state index contributed by atoms with van der Waals surface area (Å²) in [6.07, 6.45) is 3.15. The summed E-state index contributed by atoms with van der Waals surface area (Å²) in [6, 6.07) is 0. The van der Waals surface area contributed by atoms with Crippen molar-refractivity contribution in [3.63, 3.8) is 0 Å². The Labute approximate surface area is 74.6 Å². The molecule has 0 unspecified atom stereocenters. The Bertz CT molecular complexity index is 266. The van der Waals surface area contributed by atoms with Crippen LogP contribution in [-0.4, -0.2) is 9.78 Å². The quantitative estimate of drug-likeness (QED) is 0.626. The number of rotatable bonds is 1. The van der Waals surface area contributed by atoms with Crippen LogP contribution in [0.5, 0.6) is 0 Å². The van der Waals surface area contributed by atoms with Gasteiger partial charge in [-0.25, -0.2) is 0 Å². The zero-order valence-electron chi connectivity index (χ0n) is 8.68. The molecule has 0 saturated carbocycles. The predicted molar refractivity (Wildman–Crippen MR) is 51.3 cm³/mol. The smallest absolute Gasteiger partial charge is 0.0659 e. The third-order valence-corrected chi connectivity index (χ3v) is 2.05. The van der Waals surface area contributed by atoms with Crippen LogP contribution < -0.4 is 0 Å². The van der Waals surface area contributed by atoms with E-state index in [0.717, 1.165) is 6.42 Å². The van der Waals surface area contributed by atoms with E-state index in [0.29, 0.717) is 0 Å². The van der Waals surface area contributed by atoms with Gasteiger partial charge in [0.1, 0.15) is 0 Å². The normalized spacial score (nSPS) is 12.1. The molecule has 0 aliphatic rings. The van der Waals surface area contributed by atoms with Crippen molar-refractivity contribution in [1.29, 1.82) is 0 Å². The molecule has 0 aromatic carbocycles. The first-order valence-electron chi connectivity index (χ1n) is 4.48. The lowest BCUT2D eigenvalue weighted by atomic mass is 9.87. The fourth-order valence-corrected chi connectivity index (χ4v) is 1.42. The molecule has 0 spiro atoms. The molecule has 2 nitrogen and oxygen atoms in total. The van der Waals surface area contributed by atoms with Gasteiger partial charge in [-0.15, -0.1) is 0 Å². The van der Waals surface area contributed by atoms with Gasteiger partial charge in [0.15, 0.2) is 0 Å². The van der Waals surface area contributed by atoms with Crippen LogP contribution in [0.15, 0.2) is 6.20 Å². The second kappa shape index (κ2) is 2.92. The largest absolute Gasteiger partial charge is 0.275 e. The molecule has 0 radical (unpaired) electrons. The second-order valence-corrected chi connectivity index (χ2v) is 4.27. The molecule has 0 amide bonds. The van der Waals surface area contributed by atoms with Crippen molar-refractivity contribution in [2.75, 3.05) is 0 Å². The van der Waals surface area contributed by atoms with Crippen LogP contribution in [0.3, 0.4) is 0 Å². The zero-order chi connectivity index (χ0) is 9.35. The maximum Gasteiger partial charge on any atom is 0.0659 e. The van der Waals surface area contributed by atoms with Gasteiger partial charge in [0.2, 0.25) is 0 Å². The monoisotopic (exact) mass is 166 g/mol. The maximum atomic E-state index is 4.41. The molecule has 68 valence electrons. The van der Waals surface area contributed by atoms with Gasteiger partial charge < -0.3 is 0 Å². The van der Waals surface area contributed by atoms with Gasteiger partial charge in [0, 0.05) is 13.2 Å². The van der Waals surface area contributed by atoms with Gasteiger partial charge in [0.25, 0.3) is 0 Å². The minimum absolute atomic E-state index is 0.222. The van der Waals surface area contributed by atoms with E-state index in [1.807, 2.05) is 11.7 Å². The van der Waals surface area contributed by atoms with E-state index in [9.17, 15) is 0 Å². The Morgan fingerprint density at radius 3 is 2.33 bits per heavy atom. The van der Waals surface area contributed by atoms with Crippen molar-refractivity contribution in [2.45, 2.75) is 39.5 Å². The lowest BCUT2D eigenvalue weighted by Gasteiger charge is -2.17. The molecule has 2 heteroatoms. The Balaban J connectivity index is 3.13. The average Bonchev–Trinajstić information content (AvgIpc) is 2.29. The molecule has 0 N–H and O–H groups in total. The minimum Gasteiger partial charge on any atom is -0.275 e. The van der Waals surface area contributed by atoms with Crippen LogP contribution in [-0.2, 0) is 18.9 Å².